The molecule has 0 fully saturated rings. The van der Waals surface area contributed by atoms with Gasteiger partial charge >= 0.3 is 0 Å². The Balaban J connectivity index is 4.73. The van der Waals surface area contributed by atoms with Crippen LogP contribution in [-0.4, -0.2) is 22.2 Å². The van der Waals surface area contributed by atoms with E-state index in [1.165, 1.54) is 0 Å². The van der Waals surface area contributed by atoms with Crippen molar-refractivity contribution >= 4 is 11.4 Å². The summed E-state index contributed by atoms with van der Waals surface area (Å²) in [7, 11) is 0. The van der Waals surface area contributed by atoms with E-state index in [9.17, 15) is 0 Å². The summed E-state index contributed by atoms with van der Waals surface area (Å²) in [5.74, 6) is 4.99. The summed E-state index contributed by atoms with van der Waals surface area (Å²) < 4.78 is 0. The Morgan fingerprint density at radius 2 is 1.91 bits per heavy atom. The quantitative estimate of drug-likeness (QED) is 0.226. The van der Waals surface area contributed by atoms with Crippen LogP contribution in [-0.2, 0) is 0 Å². The molecule has 5 N–H and O–H groups in total. The number of rotatable bonds is 2. The molecule has 0 aliphatic carbocycles. The molecule has 0 saturated heterocycles. The third-order valence-corrected chi connectivity index (χ3v) is 1.25. The highest BCUT2D eigenvalue weighted by Gasteiger charge is 2.22. The fraction of sp³-hybridized carbons (Fsp3) is 0.667. The first-order valence-electron chi connectivity index (χ1n) is 3.19. The lowest BCUT2D eigenvalue weighted by molar-refractivity contribution is 0.316. The van der Waals surface area contributed by atoms with Gasteiger partial charge in [0.25, 0.3) is 0 Å². The van der Waals surface area contributed by atoms with Crippen LogP contribution >= 0.6 is 0 Å². The summed E-state index contributed by atoms with van der Waals surface area (Å²) in [4.78, 5) is 0. The monoisotopic (exact) mass is 158 g/mol. The predicted octanol–water partition coefficient (Wildman–Crippen LogP) is -0.112. The Hall–Kier alpha value is -1.10. The second-order valence-electron chi connectivity index (χ2n) is 2.88. The van der Waals surface area contributed by atoms with Crippen LogP contribution in [0.5, 0.6) is 0 Å². The minimum atomic E-state index is -0.721. The van der Waals surface area contributed by atoms with Crippen molar-refractivity contribution in [2.24, 2.45) is 21.8 Å². The highest BCUT2D eigenvalue weighted by Crippen LogP contribution is 2.02. The van der Waals surface area contributed by atoms with E-state index in [1.807, 2.05) is 0 Å². The fourth-order valence-electron chi connectivity index (χ4n) is 0.729. The topological polar surface area (TPSA) is 97.0 Å². The van der Waals surface area contributed by atoms with Gasteiger partial charge in [-0.15, -0.1) is 0 Å². The molecular formula is C6H14N4O. The molecule has 0 aromatic carbocycles. The van der Waals surface area contributed by atoms with Gasteiger partial charge in [0.2, 0.25) is 0 Å². The van der Waals surface area contributed by atoms with Crippen LogP contribution in [0.3, 0.4) is 0 Å². The van der Waals surface area contributed by atoms with E-state index in [-0.39, 0.29) is 0 Å². The number of oxime groups is 1. The number of nitrogens with zero attached hydrogens (tertiary/aromatic N) is 2. The molecule has 0 rings (SSSR count). The maximum absolute atomic E-state index is 8.53. The third-order valence-electron chi connectivity index (χ3n) is 1.25. The highest BCUT2D eigenvalue weighted by molar-refractivity contribution is 6.44. The van der Waals surface area contributed by atoms with Crippen molar-refractivity contribution in [3.63, 3.8) is 0 Å². The molecule has 0 saturated carbocycles. The lowest BCUT2D eigenvalue weighted by Gasteiger charge is -2.18. The minimum absolute atomic E-state index is 0.292. The van der Waals surface area contributed by atoms with Crippen LogP contribution in [0, 0.1) is 0 Å². The van der Waals surface area contributed by atoms with E-state index in [4.69, 9.17) is 16.8 Å². The first-order valence-corrected chi connectivity index (χ1v) is 3.19. The Morgan fingerprint density at radius 1 is 1.45 bits per heavy atom. The Kier molecular flexibility index (Phi) is 3.00. The molecular weight excluding hydrogens is 144 g/mol. The molecule has 0 amide bonds. The first-order chi connectivity index (χ1) is 4.93. The Morgan fingerprint density at radius 3 is 2.00 bits per heavy atom. The van der Waals surface area contributed by atoms with Crippen LogP contribution in [0.15, 0.2) is 10.3 Å². The number of nitrogens with two attached hydrogens (primary N) is 2. The van der Waals surface area contributed by atoms with Crippen LogP contribution < -0.4 is 11.6 Å². The maximum atomic E-state index is 8.53. The van der Waals surface area contributed by atoms with E-state index < -0.39 is 5.54 Å². The molecule has 0 aliphatic rings. The Labute approximate surface area is 65.8 Å². The molecule has 5 nitrogen and oxygen atoms in total. The smallest absolute Gasteiger partial charge is 0.122 e. The van der Waals surface area contributed by atoms with E-state index >= 15 is 0 Å². The number of hydrogen-bond acceptors (Lipinski definition) is 5. The van der Waals surface area contributed by atoms with E-state index in [2.05, 4.69) is 10.3 Å². The second kappa shape index (κ2) is 3.34. The summed E-state index contributed by atoms with van der Waals surface area (Å²) in [5, 5.41) is 14.9. The highest BCUT2D eigenvalue weighted by atomic mass is 16.4. The number of hydrazone groups is 1. The summed E-state index contributed by atoms with van der Waals surface area (Å²) >= 11 is 0. The molecule has 0 atom stereocenters. The van der Waals surface area contributed by atoms with Gasteiger partial charge in [-0.1, -0.05) is 5.16 Å². The zero-order chi connectivity index (χ0) is 9.07. The lowest BCUT2D eigenvalue weighted by atomic mass is 9.97. The summed E-state index contributed by atoms with van der Waals surface area (Å²) in [5.41, 5.74) is 5.64. The van der Waals surface area contributed by atoms with Gasteiger partial charge < -0.3 is 16.8 Å². The molecule has 0 spiro atoms. The molecule has 0 aliphatic heterocycles. The predicted molar refractivity (Wildman–Crippen MR) is 44.8 cm³/mol. The molecule has 0 aromatic rings. The van der Waals surface area contributed by atoms with E-state index in [1.54, 1.807) is 20.8 Å². The zero-order valence-electron chi connectivity index (χ0n) is 7.00. The van der Waals surface area contributed by atoms with Gasteiger partial charge in [-0.3, -0.25) is 0 Å². The average molecular weight is 158 g/mol. The van der Waals surface area contributed by atoms with Gasteiger partial charge in [-0.05, 0) is 20.8 Å². The van der Waals surface area contributed by atoms with Crippen molar-refractivity contribution in [2.45, 2.75) is 26.3 Å². The summed E-state index contributed by atoms with van der Waals surface area (Å²) in [6, 6.07) is 0. The molecule has 0 unspecified atom stereocenters. The summed E-state index contributed by atoms with van der Waals surface area (Å²) in [6.07, 6.45) is 0. The molecule has 0 radical (unpaired) electrons. The van der Waals surface area contributed by atoms with Crippen LogP contribution in [0.1, 0.15) is 20.8 Å². The molecule has 11 heavy (non-hydrogen) atoms. The van der Waals surface area contributed by atoms with Crippen molar-refractivity contribution in [2.75, 3.05) is 0 Å². The van der Waals surface area contributed by atoms with Crippen molar-refractivity contribution in [3.8, 4) is 0 Å². The molecule has 0 aromatic heterocycles. The van der Waals surface area contributed by atoms with Crippen LogP contribution in [0.25, 0.3) is 0 Å². The van der Waals surface area contributed by atoms with Gasteiger partial charge in [-0.2, -0.15) is 5.10 Å². The number of hydrogen-bond donors (Lipinski definition) is 3. The van der Waals surface area contributed by atoms with Gasteiger partial charge in [0.1, 0.15) is 5.71 Å². The van der Waals surface area contributed by atoms with Crippen molar-refractivity contribution < 1.29 is 5.21 Å². The maximum Gasteiger partial charge on any atom is 0.122 e. The normalized spacial score (nSPS) is 15.3. The van der Waals surface area contributed by atoms with Gasteiger partial charge in [0.15, 0.2) is 0 Å². The first kappa shape index (κ1) is 9.90. The standard InChI is InChI=1S/C6H14N4O/c1-4(9-8)5(10-11)6(2,3)7/h11H,7-8H2,1-3H3/b9-4+,10-5-. The van der Waals surface area contributed by atoms with Crippen molar-refractivity contribution in [1.29, 1.82) is 0 Å². The average Bonchev–Trinajstić information content (AvgIpc) is 1.86. The second-order valence-corrected chi connectivity index (χ2v) is 2.88. The third kappa shape index (κ3) is 2.55. The van der Waals surface area contributed by atoms with Gasteiger partial charge in [-0.25, -0.2) is 0 Å². The summed E-state index contributed by atoms with van der Waals surface area (Å²) in [6.45, 7) is 5.04. The van der Waals surface area contributed by atoms with E-state index in [0.717, 1.165) is 0 Å². The largest absolute Gasteiger partial charge is 0.411 e. The molecule has 64 valence electrons. The lowest BCUT2D eigenvalue weighted by Crippen LogP contribution is -2.45. The van der Waals surface area contributed by atoms with Gasteiger partial charge in [0.05, 0.1) is 11.3 Å². The minimum Gasteiger partial charge on any atom is -0.411 e. The molecule has 0 heterocycles. The Bertz CT molecular complexity index is 189. The van der Waals surface area contributed by atoms with Gasteiger partial charge in [0, 0.05) is 0 Å². The molecule has 5 heteroatoms. The van der Waals surface area contributed by atoms with Crippen molar-refractivity contribution in [3.05, 3.63) is 0 Å². The van der Waals surface area contributed by atoms with Crippen LogP contribution in [0.4, 0.5) is 0 Å². The van der Waals surface area contributed by atoms with E-state index in [0.29, 0.717) is 11.4 Å². The molecule has 0 bridgehead atoms. The SMILES string of the molecule is CC(=N\N)/C(=N/O)C(C)(C)N. The fourth-order valence-corrected chi connectivity index (χ4v) is 0.729. The van der Waals surface area contributed by atoms with Crippen molar-refractivity contribution in [1.82, 2.24) is 0 Å². The zero-order valence-corrected chi connectivity index (χ0v) is 7.00. The van der Waals surface area contributed by atoms with Crippen LogP contribution in [0.2, 0.25) is 0 Å².